The average molecular weight is 369 g/mol. The summed E-state index contributed by atoms with van der Waals surface area (Å²) in [6.07, 6.45) is 2.41. The standard InChI is InChI=1S/C18H25BrO3/c1-4-13(10-18(22)12(2)3)6-5-7-16(20)15-11-14(19)8-9-17(15)21/h5,8-9,11-12,16,18,20-22H,4,7,10H2,1-3H3/t6?,16-,18-/m1/s1. The second kappa shape index (κ2) is 9.16. The van der Waals surface area contributed by atoms with Crippen molar-refractivity contribution < 1.29 is 15.3 Å². The maximum absolute atomic E-state index is 10.2. The van der Waals surface area contributed by atoms with E-state index in [9.17, 15) is 15.3 Å². The molecule has 0 aromatic heterocycles. The molecule has 0 fully saturated rings. The first-order valence-electron chi connectivity index (χ1n) is 7.62. The molecule has 0 saturated heterocycles. The van der Waals surface area contributed by atoms with Gasteiger partial charge in [-0.25, -0.2) is 0 Å². The molecule has 1 rings (SSSR count). The van der Waals surface area contributed by atoms with E-state index in [0.717, 1.165) is 16.5 Å². The van der Waals surface area contributed by atoms with Gasteiger partial charge in [-0.1, -0.05) is 36.7 Å². The van der Waals surface area contributed by atoms with Crippen LogP contribution in [0.3, 0.4) is 0 Å². The maximum Gasteiger partial charge on any atom is 0.121 e. The van der Waals surface area contributed by atoms with Crippen molar-refractivity contribution in [2.75, 3.05) is 0 Å². The number of aromatic hydroxyl groups is 1. The second-order valence-electron chi connectivity index (χ2n) is 5.78. The third-order valence-corrected chi connectivity index (χ3v) is 4.14. The molecular formula is C18H25BrO3. The van der Waals surface area contributed by atoms with E-state index in [0.29, 0.717) is 18.4 Å². The molecular weight excluding hydrogens is 344 g/mol. The fourth-order valence-corrected chi connectivity index (χ4v) is 2.41. The van der Waals surface area contributed by atoms with Crippen LogP contribution < -0.4 is 0 Å². The van der Waals surface area contributed by atoms with Crippen molar-refractivity contribution in [3.8, 4) is 5.75 Å². The van der Waals surface area contributed by atoms with Crippen molar-refractivity contribution in [3.63, 3.8) is 0 Å². The first-order chi connectivity index (χ1) is 10.3. The van der Waals surface area contributed by atoms with E-state index >= 15 is 0 Å². The van der Waals surface area contributed by atoms with Crippen LogP contribution in [-0.2, 0) is 0 Å². The highest BCUT2D eigenvalue weighted by Crippen LogP contribution is 2.29. The number of benzene rings is 1. The van der Waals surface area contributed by atoms with E-state index < -0.39 is 6.10 Å². The minimum absolute atomic E-state index is 0.0824. The number of rotatable bonds is 7. The smallest absolute Gasteiger partial charge is 0.121 e. The molecule has 0 aliphatic carbocycles. The van der Waals surface area contributed by atoms with Crippen LogP contribution in [0.1, 0.15) is 51.7 Å². The fourth-order valence-electron chi connectivity index (χ4n) is 2.03. The monoisotopic (exact) mass is 368 g/mol. The molecule has 0 heterocycles. The highest BCUT2D eigenvalue weighted by Gasteiger charge is 2.12. The van der Waals surface area contributed by atoms with Gasteiger partial charge in [-0.2, -0.15) is 0 Å². The number of phenols is 1. The lowest BCUT2D eigenvalue weighted by molar-refractivity contribution is 0.125. The Labute approximate surface area is 141 Å². The molecule has 122 valence electrons. The van der Waals surface area contributed by atoms with Crippen LogP contribution in [0.5, 0.6) is 5.75 Å². The van der Waals surface area contributed by atoms with Crippen molar-refractivity contribution in [1.29, 1.82) is 0 Å². The van der Waals surface area contributed by atoms with E-state index in [1.165, 1.54) is 0 Å². The summed E-state index contributed by atoms with van der Waals surface area (Å²) < 4.78 is 0.813. The molecule has 22 heavy (non-hydrogen) atoms. The third-order valence-electron chi connectivity index (χ3n) is 3.65. The Morgan fingerprint density at radius 3 is 2.59 bits per heavy atom. The quantitative estimate of drug-likeness (QED) is 0.621. The van der Waals surface area contributed by atoms with E-state index in [1.807, 2.05) is 20.8 Å². The third kappa shape index (κ3) is 5.98. The lowest BCUT2D eigenvalue weighted by Gasteiger charge is -2.14. The van der Waals surface area contributed by atoms with Crippen molar-refractivity contribution >= 4 is 15.9 Å². The summed E-state index contributed by atoms with van der Waals surface area (Å²) in [5.41, 5.74) is 4.70. The Bertz CT molecular complexity index is 545. The van der Waals surface area contributed by atoms with Gasteiger partial charge in [0.1, 0.15) is 5.75 Å². The first kappa shape index (κ1) is 19.0. The molecule has 2 atom stereocenters. The van der Waals surface area contributed by atoms with Gasteiger partial charge in [-0.05, 0) is 42.2 Å². The maximum atomic E-state index is 10.2. The zero-order valence-electron chi connectivity index (χ0n) is 13.4. The molecule has 0 radical (unpaired) electrons. The van der Waals surface area contributed by atoms with Crippen molar-refractivity contribution in [2.45, 2.75) is 52.2 Å². The summed E-state index contributed by atoms with van der Waals surface area (Å²) in [5.74, 6) is 0.298. The molecule has 0 aliphatic heterocycles. The Kier molecular flexibility index (Phi) is 7.91. The number of phenolic OH excluding ortho intramolecular Hbond substituents is 1. The first-order valence-corrected chi connectivity index (χ1v) is 8.41. The summed E-state index contributed by atoms with van der Waals surface area (Å²) in [6, 6.07) is 4.99. The molecule has 0 aliphatic rings. The largest absolute Gasteiger partial charge is 0.508 e. The molecule has 0 amide bonds. The molecule has 0 bridgehead atoms. The fraction of sp³-hybridized carbons (Fsp3) is 0.500. The van der Waals surface area contributed by atoms with Gasteiger partial charge in [0, 0.05) is 22.9 Å². The zero-order chi connectivity index (χ0) is 16.7. The van der Waals surface area contributed by atoms with Crippen LogP contribution >= 0.6 is 15.9 Å². The topological polar surface area (TPSA) is 60.7 Å². The lowest BCUT2D eigenvalue weighted by Crippen LogP contribution is -2.14. The van der Waals surface area contributed by atoms with Crippen LogP contribution in [0.4, 0.5) is 0 Å². The number of halogens is 1. The van der Waals surface area contributed by atoms with Crippen molar-refractivity contribution in [3.05, 3.63) is 45.6 Å². The molecule has 0 spiro atoms. The van der Waals surface area contributed by atoms with Crippen LogP contribution in [0.25, 0.3) is 0 Å². The summed E-state index contributed by atoms with van der Waals surface area (Å²) in [7, 11) is 0. The van der Waals surface area contributed by atoms with Gasteiger partial charge < -0.3 is 15.3 Å². The van der Waals surface area contributed by atoms with Crippen LogP contribution in [0, 0.1) is 5.92 Å². The van der Waals surface area contributed by atoms with Crippen molar-refractivity contribution in [2.24, 2.45) is 5.92 Å². The number of aliphatic hydroxyl groups is 2. The number of hydrogen-bond donors (Lipinski definition) is 3. The predicted octanol–water partition coefficient (Wildman–Crippen LogP) is 4.48. The second-order valence-corrected chi connectivity index (χ2v) is 6.69. The summed E-state index contributed by atoms with van der Waals surface area (Å²) in [5, 5.41) is 29.9. The van der Waals surface area contributed by atoms with Gasteiger partial charge in [0.05, 0.1) is 12.2 Å². The molecule has 1 aromatic rings. The summed E-state index contributed by atoms with van der Waals surface area (Å²) in [4.78, 5) is 0. The normalized spacial score (nSPS) is 13.6. The van der Waals surface area contributed by atoms with Crippen LogP contribution in [0.2, 0.25) is 0 Å². The molecule has 3 nitrogen and oxygen atoms in total. The Morgan fingerprint density at radius 2 is 2.00 bits per heavy atom. The van der Waals surface area contributed by atoms with E-state index in [4.69, 9.17) is 0 Å². The molecule has 0 unspecified atom stereocenters. The van der Waals surface area contributed by atoms with E-state index in [1.54, 1.807) is 24.3 Å². The highest BCUT2D eigenvalue weighted by molar-refractivity contribution is 9.10. The Hall–Kier alpha value is -1.06. The van der Waals surface area contributed by atoms with Gasteiger partial charge in [-0.3, -0.25) is 0 Å². The number of aliphatic hydroxyl groups excluding tert-OH is 2. The summed E-state index contributed by atoms with van der Waals surface area (Å²) in [6.45, 7) is 6.00. The minimum Gasteiger partial charge on any atom is -0.508 e. The molecule has 0 saturated carbocycles. The molecule has 1 aromatic carbocycles. The average Bonchev–Trinajstić information content (AvgIpc) is 2.48. The van der Waals surface area contributed by atoms with Gasteiger partial charge >= 0.3 is 0 Å². The SMILES string of the molecule is CCC(=C=CC[C@@H](O)c1cc(Br)ccc1O)C[C@@H](O)C(C)C. The van der Waals surface area contributed by atoms with Gasteiger partial charge in [0.25, 0.3) is 0 Å². The highest BCUT2D eigenvalue weighted by atomic mass is 79.9. The predicted molar refractivity (Wildman–Crippen MR) is 92.7 cm³/mol. The molecule has 3 N–H and O–H groups in total. The Morgan fingerprint density at radius 1 is 1.32 bits per heavy atom. The van der Waals surface area contributed by atoms with E-state index in [2.05, 4.69) is 21.7 Å². The van der Waals surface area contributed by atoms with Gasteiger partial charge in [0.15, 0.2) is 0 Å². The number of hydrogen-bond acceptors (Lipinski definition) is 3. The Balaban J connectivity index is 2.76. The van der Waals surface area contributed by atoms with Crippen molar-refractivity contribution in [1.82, 2.24) is 0 Å². The van der Waals surface area contributed by atoms with Crippen LogP contribution in [-0.4, -0.2) is 21.4 Å². The summed E-state index contributed by atoms with van der Waals surface area (Å²) >= 11 is 3.33. The lowest BCUT2D eigenvalue weighted by atomic mass is 9.98. The van der Waals surface area contributed by atoms with E-state index in [-0.39, 0.29) is 17.8 Å². The van der Waals surface area contributed by atoms with Gasteiger partial charge in [-0.15, -0.1) is 5.73 Å². The zero-order valence-corrected chi connectivity index (χ0v) is 15.0. The molecule has 4 heteroatoms. The van der Waals surface area contributed by atoms with Crippen LogP contribution in [0.15, 0.2) is 40.1 Å². The van der Waals surface area contributed by atoms with Gasteiger partial charge in [0.2, 0.25) is 0 Å². The minimum atomic E-state index is -0.780.